The van der Waals surface area contributed by atoms with Gasteiger partial charge in [0.05, 0.1) is 6.04 Å². The van der Waals surface area contributed by atoms with Crippen LogP contribution < -0.4 is 5.32 Å². The lowest BCUT2D eigenvalue weighted by molar-refractivity contribution is -0.130. The molecule has 2 aliphatic heterocycles. The van der Waals surface area contributed by atoms with Gasteiger partial charge in [0.1, 0.15) is 18.7 Å². The van der Waals surface area contributed by atoms with E-state index in [-0.39, 0.29) is 43.1 Å². The lowest BCUT2D eigenvalue weighted by Gasteiger charge is -2.41. The molecule has 0 radical (unpaired) electrons. The number of carbonyl (C=O) groups is 4. The maximum absolute atomic E-state index is 13.1. The molecule has 1 aromatic carbocycles. The number of rotatable bonds is 9. The van der Waals surface area contributed by atoms with Crippen LogP contribution in [0.5, 0.6) is 0 Å². The van der Waals surface area contributed by atoms with E-state index < -0.39 is 12.0 Å². The van der Waals surface area contributed by atoms with Crippen LogP contribution in [0.4, 0.5) is 4.79 Å². The minimum atomic E-state index is -0.547. The summed E-state index contributed by atoms with van der Waals surface area (Å²) in [4.78, 5) is 50.4. The summed E-state index contributed by atoms with van der Waals surface area (Å²) < 4.78 is 5.38. The van der Waals surface area contributed by atoms with Crippen molar-refractivity contribution in [3.8, 4) is 0 Å². The maximum Gasteiger partial charge on any atom is 0.407 e. The number of aldehydes is 1. The number of ketones is 2. The van der Waals surface area contributed by atoms with Crippen molar-refractivity contribution in [3.63, 3.8) is 0 Å². The summed E-state index contributed by atoms with van der Waals surface area (Å²) in [5.41, 5.74) is 0.931. The van der Waals surface area contributed by atoms with E-state index >= 15 is 0 Å². The number of piperidine rings is 1. The van der Waals surface area contributed by atoms with Gasteiger partial charge in [-0.15, -0.1) is 0 Å². The van der Waals surface area contributed by atoms with Gasteiger partial charge in [0.2, 0.25) is 0 Å². The summed E-state index contributed by atoms with van der Waals surface area (Å²) in [6.45, 7) is 2.26. The SMILES string of the molecule is CC(=O)CC(C=O)CC(=O)[C@@H]1CCCC2CCC[C@H](NC(=O)OCc3ccccc3)CN21. The monoisotopic (exact) mass is 442 g/mol. The van der Waals surface area contributed by atoms with E-state index in [0.717, 1.165) is 50.4 Å². The summed E-state index contributed by atoms with van der Waals surface area (Å²) in [6, 6.07) is 9.51. The molecule has 1 amide bonds. The molecular formula is C25H34N2O5. The van der Waals surface area contributed by atoms with Gasteiger partial charge in [0.25, 0.3) is 0 Å². The lowest BCUT2D eigenvalue weighted by atomic mass is 9.87. The fourth-order valence-corrected chi connectivity index (χ4v) is 4.99. The Bertz CT molecular complexity index is 797. The molecule has 1 N–H and O–H groups in total. The third-order valence-electron chi connectivity index (χ3n) is 6.52. The van der Waals surface area contributed by atoms with Crippen molar-refractivity contribution in [3.05, 3.63) is 35.9 Å². The van der Waals surface area contributed by atoms with Gasteiger partial charge in [-0.1, -0.05) is 30.3 Å². The third kappa shape index (κ3) is 6.99. The van der Waals surface area contributed by atoms with Crippen molar-refractivity contribution in [2.45, 2.75) is 83.0 Å². The van der Waals surface area contributed by atoms with Crippen LogP contribution in [0.15, 0.2) is 30.3 Å². The quantitative estimate of drug-likeness (QED) is 0.589. The molecule has 0 saturated carbocycles. The molecule has 32 heavy (non-hydrogen) atoms. The third-order valence-corrected chi connectivity index (χ3v) is 6.52. The normalized spacial score (nSPS) is 24.5. The Morgan fingerprint density at radius 3 is 2.50 bits per heavy atom. The topological polar surface area (TPSA) is 92.8 Å². The van der Waals surface area contributed by atoms with Gasteiger partial charge in [-0.3, -0.25) is 9.69 Å². The van der Waals surface area contributed by atoms with Gasteiger partial charge in [0.15, 0.2) is 5.78 Å². The van der Waals surface area contributed by atoms with Crippen molar-refractivity contribution in [2.24, 2.45) is 5.92 Å². The van der Waals surface area contributed by atoms with Crippen LogP contribution >= 0.6 is 0 Å². The fourth-order valence-electron chi connectivity index (χ4n) is 4.99. The number of ether oxygens (including phenoxy) is 1. The highest BCUT2D eigenvalue weighted by Crippen LogP contribution is 2.31. The summed E-state index contributed by atoms with van der Waals surface area (Å²) in [6.07, 6.45) is 6.10. The first-order valence-electron chi connectivity index (χ1n) is 11.7. The van der Waals surface area contributed by atoms with Crippen LogP contribution in [-0.2, 0) is 25.7 Å². The van der Waals surface area contributed by atoms with Gasteiger partial charge in [-0.05, 0) is 51.0 Å². The van der Waals surface area contributed by atoms with Crippen LogP contribution in [0.2, 0.25) is 0 Å². The Kier molecular flexibility index (Phi) is 8.97. The number of amides is 1. The second-order valence-corrected chi connectivity index (χ2v) is 9.10. The zero-order valence-corrected chi connectivity index (χ0v) is 18.8. The molecule has 0 spiro atoms. The molecule has 2 fully saturated rings. The van der Waals surface area contributed by atoms with E-state index in [1.807, 2.05) is 30.3 Å². The van der Waals surface area contributed by atoms with E-state index in [4.69, 9.17) is 4.74 Å². The average molecular weight is 443 g/mol. The summed E-state index contributed by atoms with van der Waals surface area (Å²) >= 11 is 0. The van der Waals surface area contributed by atoms with Crippen molar-refractivity contribution in [1.82, 2.24) is 10.2 Å². The van der Waals surface area contributed by atoms with E-state index in [1.165, 1.54) is 6.92 Å². The predicted molar refractivity (Wildman–Crippen MR) is 120 cm³/mol. The Labute approximate surface area is 189 Å². The molecule has 7 nitrogen and oxygen atoms in total. The van der Waals surface area contributed by atoms with Crippen LogP contribution in [0.25, 0.3) is 0 Å². The molecule has 7 heteroatoms. The number of hydrogen-bond donors (Lipinski definition) is 1. The summed E-state index contributed by atoms with van der Waals surface area (Å²) in [5.74, 6) is -0.598. The first kappa shape index (κ1) is 24.1. The molecule has 2 unspecified atom stereocenters. The summed E-state index contributed by atoms with van der Waals surface area (Å²) in [7, 11) is 0. The molecule has 174 valence electrons. The summed E-state index contributed by atoms with van der Waals surface area (Å²) in [5, 5.41) is 2.98. The smallest absolute Gasteiger partial charge is 0.407 e. The van der Waals surface area contributed by atoms with Gasteiger partial charge in [-0.25, -0.2) is 4.79 Å². The largest absolute Gasteiger partial charge is 0.445 e. The Morgan fingerprint density at radius 1 is 1.09 bits per heavy atom. The maximum atomic E-state index is 13.1. The molecule has 2 heterocycles. The van der Waals surface area contributed by atoms with Crippen LogP contribution in [0.3, 0.4) is 0 Å². The minimum absolute atomic E-state index is 0.0281. The molecule has 2 saturated heterocycles. The van der Waals surface area contributed by atoms with Crippen LogP contribution in [0.1, 0.15) is 63.9 Å². The average Bonchev–Trinajstić information content (AvgIpc) is 2.99. The number of fused-ring (bicyclic) bond motifs is 1. The van der Waals surface area contributed by atoms with Gasteiger partial charge >= 0.3 is 6.09 Å². The Morgan fingerprint density at radius 2 is 1.81 bits per heavy atom. The van der Waals surface area contributed by atoms with E-state index in [9.17, 15) is 19.2 Å². The van der Waals surface area contributed by atoms with Crippen molar-refractivity contribution < 1.29 is 23.9 Å². The molecular weight excluding hydrogens is 408 g/mol. The fraction of sp³-hybridized carbons (Fsp3) is 0.600. The number of benzene rings is 1. The second-order valence-electron chi connectivity index (χ2n) is 9.10. The van der Waals surface area contributed by atoms with Crippen molar-refractivity contribution in [1.29, 1.82) is 0 Å². The molecule has 4 atom stereocenters. The molecule has 0 aliphatic carbocycles. The minimum Gasteiger partial charge on any atom is -0.445 e. The van der Waals surface area contributed by atoms with Gasteiger partial charge in [-0.2, -0.15) is 0 Å². The molecule has 0 aromatic heterocycles. The van der Waals surface area contributed by atoms with Gasteiger partial charge in [0, 0.05) is 37.4 Å². The first-order valence-corrected chi connectivity index (χ1v) is 11.7. The number of hydrogen-bond acceptors (Lipinski definition) is 6. The molecule has 1 aromatic rings. The molecule has 0 bridgehead atoms. The first-order chi connectivity index (χ1) is 15.5. The molecule has 2 aliphatic rings. The zero-order chi connectivity index (χ0) is 22.9. The van der Waals surface area contributed by atoms with Crippen molar-refractivity contribution >= 4 is 23.9 Å². The van der Waals surface area contributed by atoms with E-state index in [1.54, 1.807) is 0 Å². The van der Waals surface area contributed by atoms with E-state index in [0.29, 0.717) is 12.6 Å². The lowest BCUT2D eigenvalue weighted by Crippen LogP contribution is -2.54. The number of nitrogens with zero attached hydrogens (tertiary/aromatic N) is 1. The molecule has 3 rings (SSSR count). The number of carbonyl (C=O) groups excluding carboxylic acids is 4. The highest BCUT2D eigenvalue weighted by atomic mass is 16.5. The van der Waals surface area contributed by atoms with Crippen LogP contribution in [-0.4, -0.2) is 53.5 Å². The number of Topliss-reactive ketones (excluding diaryl/α,β-unsaturated/α-hetero) is 2. The highest BCUT2D eigenvalue weighted by molar-refractivity contribution is 5.88. The highest BCUT2D eigenvalue weighted by Gasteiger charge is 2.38. The van der Waals surface area contributed by atoms with Gasteiger partial charge < -0.3 is 19.6 Å². The number of nitrogens with one attached hydrogen (secondary N) is 1. The van der Waals surface area contributed by atoms with E-state index in [2.05, 4.69) is 10.2 Å². The second kappa shape index (κ2) is 11.9. The Balaban J connectivity index is 1.58. The van der Waals surface area contributed by atoms with Crippen LogP contribution in [0, 0.1) is 5.92 Å². The van der Waals surface area contributed by atoms with Crippen molar-refractivity contribution in [2.75, 3.05) is 6.54 Å². The number of alkyl carbamates (subject to hydrolysis) is 1. The standard InChI is InChI=1S/C25H34N2O5/c1-18(29)13-20(16-28)14-24(30)23-12-6-11-22-10-5-9-21(15-27(22)23)26-25(31)32-17-19-7-3-2-4-8-19/h2-4,7-8,16,20-23H,5-6,9-15,17H2,1H3,(H,26,31)/t20?,21-,22?,23-/m0/s1. The zero-order valence-electron chi connectivity index (χ0n) is 18.8. The predicted octanol–water partition coefficient (Wildman–Crippen LogP) is 3.44. The Hall–Kier alpha value is -2.54.